The van der Waals surface area contributed by atoms with Crippen molar-refractivity contribution in [1.82, 2.24) is 15.0 Å². The van der Waals surface area contributed by atoms with Crippen molar-refractivity contribution in [2.24, 2.45) is 11.3 Å². The van der Waals surface area contributed by atoms with E-state index in [4.69, 9.17) is 4.52 Å². The molecule has 6 nitrogen and oxygen atoms in total. The molecule has 0 unspecified atom stereocenters. The van der Waals surface area contributed by atoms with Crippen LogP contribution < -0.4 is 0 Å². The molecule has 1 aromatic heterocycles. The molecule has 1 spiro atoms. The summed E-state index contributed by atoms with van der Waals surface area (Å²) in [5.41, 5.74) is 2.71. The van der Waals surface area contributed by atoms with Gasteiger partial charge in [-0.2, -0.15) is 0 Å². The van der Waals surface area contributed by atoms with Crippen molar-refractivity contribution in [2.75, 3.05) is 19.6 Å². The van der Waals surface area contributed by atoms with Gasteiger partial charge in [0.25, 0.3) is 5.91 Å². The fourth-order valence-corrected chi connectivity index (χ4v) is 4.84. The number of likely N-dealkylation sites (tertiary alicyclic amines) is 2. The van der Waals surface area contributed by atoms with Crippen LogP contribution in [-0.2, 0) is 17.8 Å². The first-order valence-corrected chi connectivity index (χ1v) is 11.0. The molecule has 3 heterocycles. The fourth-order valence-electron chi connectivity index (χ4n) is 4.84. The number of aryl methyl sites for hydroxylation is 1. The summed E-state index contributed by atoms with van der Waals surface area (Å²) >= 11 is 0. The number of benzene rings is 1. The molecule has 2 aliphatic heterocycles. The lowest BCUT2D eigenvalue weighted by Gasteiger charge is -2.39. The SMILES string of the molecule is Cc1cccc(CN2CCC[C@@]3(CCN(C(=O)c4cc(CC(C)C)no4)C3)C2=O)c1. The minimum absolute atomic E-state index is 0.155. The van der Waals surface area contributed by atoms with Gasteiger partial charge in [0.2, 0.25) is 11.7 Å². The Morgan fingerprint density at radius 3 is 2.83 bits per heavy atom. The highest BCUT2D eigenvalue weighted by Gasteiger charge is 2.49. The van der Waals surface area contributed by atoms with Crippen molar-refractivity contribution in [3.8, 4) is 0 Å². The van der Waals surface area contributed by atoms with E-state index in [0.29, 0.717) is 25.6 Å². The molecule has 160 valence electrons. The first-order valence-electron chi connectivity index (χ1n) is 11.0. The predicted octanol–water partition coefficient (Wildman–Crippen LogP) is 3.84. The van der Waals surface area contributed by atoms with Gasteiger partial charge in [0.1, 0.15) is 0 Å². The smallest absolute Gasteiger partial charge is 0.292 e. The Balaban J connectivity index is 1.44. The van der Waals surface area contributed by atoms with Gasteiger partial charge in [-0.3, -0.25) is 9.59 Å². The fraction of sp³-hybridized carbons (Fsp3) is 0.542. The molecule has 0 radical (unpaired) electrons. The lowest BCUT2D eigenvalue weighted by Crippen LogP contribution is -2.50. The molecule has 0 bridgehead atoms. The molecule has 2 fully saturated rings. The second-order valence-electron chi connectivity index (χ2n) is 9.36. The summed E-state index contributed by atoms with van der Waals surface area (Å²) in [5.74, 6) is 0.761. The van der Waals surface area contributed by atoms with Gasteiger partial charge in [0.15, 0.2) is 0 Å². The van der Waals surface area contributed by atoms with Crippen LogP contribution in [0.4, 0.5) is 0 Å². The Hall–Kier alpha value is -2.63. The number of hydrogen-bond donors (Lipinski definition) is 0. The third-order valence-corrected chi connectivity index (χ3v) is 6.31. The lowest BCUT2D eigenvalue weighted by atomic mass is 9.78. The number of nitrogens with zero attached hydrogens (tertiary/aromatic N) is 3. The molecule has 30 heavy (non-hydrogen) atoms. The maximum atomic E-state index is 13.4. The second kappa shape index (κ2) is 8.25. The highest BCUT2D eigenvalue weighted by Crippen LogP contribution is 2.41. The van der Waals surface area contributed by atoms with E-state index < -0.39 is 5.41 Å². The maximum Gasteiger partial charge on any atom is 0.292 e. The van der Waals surface area contributed by atoms with E-state index in [-0.39, 0.29) is 17.6 Å². The van der Waals surface area contributed by atoms with E-state index in [1.165, 1.54) is 5.56 Å². The Kier molecular flexibility index (Phi) is 5.67. The molecule has 2 amide bonds. The van der Waals surface area contributed by atoms with Gasteiger partial charge in [-0.05, 0) is 44.1 Å². The number of carbonyl (C=O) groups is 2. The number of piperidine rings is 1. The van der Waals surface area contributed by atoms with Crippen LogP contribution in [0.15, 0.2) is 34.9 Å². The van der Waals surface area contributed by atoms with E-state index >= 15 is 0 Å². The van der Waals surface area contributed by atoms with Crippen LogP contribution in [0.1, 0.15) is 60.5 Å². The van der Waals surface area contributed by atoms with Crippen molar-refractivity contribution in [1.29, 1.82) is 0 Å². The van der Waals surface area contributed by atoms with Crippen molar-refractivity contribution >= 4 is 11.8 Å². The summed E-state index contributed by atoms with van der Waals surface area (Å²) in [4.78, 5) is 30.1. The molecule has 1 atom stereocenters. The van der Waals surface area contributed by atoms with E-state index in [0.717, 1.165) is 43.5 Å². The molecular formula is C24H31N3O3. The van der Waals surface area contributed by atoms with Gasteiger partial charge < -0.3 is 14.3 Å². The number of hydrogen-bond acceptors (Lipinski definition) is 4. The minimum Gasteiger partial charge on any atom is -0.351 e. The molecule has 1 aromatic carbocycles. The monoisotopic (exact) mass is 409 g/mol. The van der Waals surface area contributed by atoms with Crippen LogP contribution in [0.2, 0.25) is 0 Å². The normalized spacial score (nSPS) is 21.8. The summed E-state index contributed by atoms with van der Waals surface area (Å²) in [6.45, 7) is 8.76. The summed E-state index contributed by atoms with van der Waals surface area (Å²) < 4.78 is 5.32. The standard InChI is InChI=1S/C24H31N3O3/c1-17(2)12-20-14-21(30-25-20)22(28)27-11-9-24(16-27)8-5-10-26(23(24)29)15-19-7-4-6-18(3)13-19/h4,6-7,13-14,17H,5,8-12,15-16H2,1-3H3/t24-/m0/s1. The Bertz CT molecular complexity index is 935. The topological polar surface area (TPSA) is 66.7 Å². The van der Waals surface area contributed by atoms with Crippen LogP contribution in [0.5, 0.6) is 0 Å². The van der Waals surface area contributed by atoms with Crippen molar-refractivity contribution in [3.05, 3.63) is 52.9 Å². The van der Waals surface area contributed by atoms with Crippen LogP contribution in [0.3, 0.4) is 0 Å². The molecule has 6 heteroatoms. The third-order valence-electron chi connectivity index (χ3n) is 6.31. The number of rotatable bonds is 5. The summed E-state index contributed by atoms with van der Waals surface area (Å²) in [7, 11) is 0. The lowest BCUT2D eigenvalue weighted by molar-refractivity contribution is -0.146. The quantitative estimate of drug-likeness (QED) is 0.753. The van der Waals surface area contributed by atoms with Gasteiger partial charge in [0.05, 0.1) is 11.1 Å². The first-order chi connectivity index (χ1) is 14.4. The first kappa shape index (κ1) is 20.6. The molecule has 2 aromatic rings. The van der Waals surface area contributed by atoms with Crippen LogP contribution >= 0.6 is 0 Å². The highest BCUT2D eigenvalue weighted by molar-refractivity contribution is 5.93. The van der Waals surface area contributed by atoms with E-state index in [2.05, 4.69) is 44.1 Å². The zero-order valence-electron chi connectivity index (χ0n) is 18.2. The summed E-state index contributed by atoms with van der Waals surface area (Å²) in [6, 6.07) is 10.1. The molecule has 2 aliphatic rings. The summed E-state index contributed by atoms with van der Waals surface area (Å²) in [6.07, 6.45) is 3.32. The average Bonchev–Trinajstić information content (AvgIpc) is 3.33. The molecule has 0 N–H and O–H groups in total. The summed E-state index contributed by atoms with van der Waals surface area (Å²) in [5, 5.41) is 4.04. The van der Waals surface area contributed by atoms with Gasteiger partial charge in [-0.1, -0.05) is 48.8 Å². The zero-order chi connectivity index (χ0) is 21.3. The van der Waals surface area contributed by atoms with E-state index in [9.17, 15) is 9.59 Å². The predicted molar refractivity (Wildman–Crippen MR) is 114 cm³/mol. The second-order valence-corrected chi connectivity index (χ2v) is 9.36. The number of aromatic nitrogens is 1. The van der Waals surface area contributed by atoms with Gasteiger partial charge in [-0.25, -0.2) is 0 Å². The molecular weight excluding hydrogens is 378 g/mol. The molecule has 0 saturated carbocycles. The molecule has 4 rings (SSSR count). The van der Waals surface area contributed by atoms with E-state index in [1.54, 1.807) is 11.0 Å². The maximum absolute atomic E-state index is 13.4. The van der Waals surface area contributed by atoms with Crippen molar-refractivity contribution < 1.29 is 14.1 Å². The minimum atomic E-state index is -0.460. The zero-order valence-corrected chi connectivity index (χ0v) is 18.2. The molecule has 2 saturated heterocycles. The Morgan fingerprint density at radius 2 is 2.07 bits per heavy atom. The Morgan fingerprint density at radius 1 is 1.23 bits per heavy atom. The molecule has 0 aliphatic carbocycles. The van der Waals surface area contributed by atoms with Gasteiger partial charge in [0, 0.05) is 32.2 Å². The number of carbonyl (C=O) groups excluding carboxylic acids is 2. The van der Waals surface area contributed by atoms with Crippen LogP contribution in [-0.4, -0.2) is 46.4 Å². The van der Waals surface area contributed by atoms with Crippen LogP contribution in [0.25, 0.3) is 0 Å². The largest absolute Gasteiger partial charge is 0.351 e. The highest BCUT2D eigenvalue weighted by atomic mass is 16.5. The van der Waals surface area contributed by atoms with Crippen molar-refractivity contribution in [3.63, 3.8) is 0 Å². The Labute approximate surface area is 178 Å². The van der Waals surface area contributed by atoms with Gasteiger partial charge in [-0.15, -0.1) is 0 Å². The van der Waals surface area contributed by atoms with Gasteiger partial charge >= 0.3 is 0 Å². The number of amides is 2. The van der Waals surface area contributed by atoms with Crippen LogP contribution in [0, 0.1) is 18.3 Å². The van der Waals surface area contributed by atoms with Crippen molar-refractivity contribution in [2.45, 2.75) is 53.0 Å². The average molecular weight is 410 g/mol. The third kappa shape index (κ3) is 4.13. The van der Waals surface area contributed by atoms with E-state index in [1.807, 2.05) is 11.0 Å².